The van der Waals surface area contributed by atoms with Gasteiger partial charge >= 0.3 is 6.09 Å². The molecule has 1 heterocycles. The molecule has 30 heavy (non-hydrogen) atoms. The summed E-state index contributed by atoms with van der Waals surface area (Å²) in [6.07, 6.45) is 0.807. The second-order valence-electron chi connectivity index (χ2n) is 7.96. The number of nitrogens with one attached hydrogen (secondary N) is 2. The summed E-state index contributed by atoms with van der Waals surface area (Å²) in [6.45, 7) is 0.225. The van der Waals surface area contributed by atoms with E-state index in [1.807, 2.05) is 48.5 Å². The molecule has 0 aromatic heterocycles. The first kappa shape index (κ1) is 18.8. The zero-order valence-corrected chi connectivity index (χ0v) is 16.5. The first-order valence-electron chi connectivity index (χ1n) is 10.3. The van der Waals surface area contributed by atoms with Gasteiger partial charge in [-0.05, 0) is 52.8 Å². The number of ether oxygens (including phenoxy) is 1. The number of hydrogen-bond donors (Lipinski definition) is 2. The second-order valence-corrected chi connectivity index (χ2v) is 7.96. The first-order valence-corrected chi connectivity index (χ1v) is 10.3. The van der Waals surface area contributed by atoms with Gasteiger partial charge in [0.15, 0.2) is 0 Å². The van der Waals surface area contributed by atoms with E-state index in [4.69, 9.17) is 4.74 Å². The summed E-state index contributed by atoms with van der Waals surface area (Å²) in [6, 6.07) is 22.9. The highest BCUT2D eigenvalue weighted by atomic mass is 19.1. The second kappa shape index (κ2) is 7.92. The Bertz CT molecular complexity index is 1070. The van der Waals surface area contributed by atoms with E-state index in [-0.39, 0.29) is 30.5 Å². The number of carbonyl (C=O) groups is 1. The van der Waals surface area contributed by atoms with Crippen LogP contribution in [0.1, 0.15) is 46.2 Å². The number of halogens is 1. The van der Waals surface area contributed by atoms with E-state index >= 15 is 0 Å². The number of benzene rings is 3. The highest BCUT2D eigenvalue weighted by molar-refractivity contribution is 5.67. The Hall–Kier alpha value is -3.18. The molecule has 3 aromatic carbocycles. The minimum absolute atomic E-state index is 0.0567. The van der Waals surface area contributed by atoms with Crippen molar-refractivity contribution in [3.63, 3.8) is 0 Å². The summed E-state index contributed by atoms with van der Waals surface area (Å²) in [5.74, 6) is -0.0809. The van der Waals surface area contributed by atoms with Crippen LogP contribution in [0.4, 0.5) is 9.18 Å². The fraction of sp³-hybridized carbons (Fsp3) is 0.240. The quantitative estimate of drug-likeness (QED) is 0.662. The lowest BCUT2D eigenvalue weighted by Crippen LogP contribution is -2.42. The van der Waals surface area contributed by atoms with Crippen molar-refractivity contribution in [2.75, 3.05) is 0 Å². The van der Waals surface area contributed by atoms with Crippen LogP contribution in [-0.2, 0) is 17.8 Å². The molecule has 5 heteroatoms. The van der Waals surface area contributed by atoms with Crippen molar-refractivity contribution in [1.82, 2.24) is 10.6 Å². The van der Waals surface area contributed by atoms with Crippen molar-refractivity contribution in [2.45, 2.75) is 37.6 Å². The van der Waals surface area contributed by atoms with Crippen LogP contribution in [0.2, 0.25) is 0 Å². The summed E-state index contributed by atoms with van der Waals surface area (Å²) >= 11 is 0. The topological polar surface area (TPSA) is 50.4 Å². The molecule has 0 spiro atoms. The molecule has 1 amide bonds. The Morgan fingerprint density at radius 2 is 1.77 bits per heavy atom. The molecule has 3 aromatic rings. The fourth-order valence-electron chi connectivity index (χ4n) is 4.69. The number of carbonyl (C=O) groups excluding carboxylic acids is 1. The van der Waals surface area contributed by atoms with Crippen LogP contribution in [-0.4, -0.2) is 12.3 Å². The van der Waals surface area contributed by atoms with E-state index in [0.29, 0.717) is 0 Å². The maximum absolute atomic E-state index is 14.1. The third kappa shape index (κ3) is 3.68. The van der Waals surface area contributed by atoms with Gasteiger partial charge in [0.25, 0.3) is 0 Å². The van der Waals surface area contributed by atoms with E-state index in [9.17, 15) is 9.18 Å². The van der Waals surface area contributed by atoms with E-state index in [1.54, 1.807) is 6.07 Å². The van der Waals surface area contributed by atoms with Crippen molar-refractivity contribution in [3.8, 4) is 0 Å². The Kier molecular flexibility index (Phi) is 4.97. The molecular formula is C25H23FN2O2. The molecule has 1 aliphatic heterocycles. The van der Waals surface area contributed by atoms with Gasteiger partial charge in [0.1, 0.15) is 12.4 Å². The van der Waals surface area contributed by atoms with Gasteiger partial charge in [-0.3, -0.25) is 5.32 Å². The van der Waals surface area contributed by atoms with Crippen molar-refractivity contribution in [1.29, 1.82) is 0 Å². The summed E-state index contributed by atoms with van der Waals surface area (Å²) in [5.41, 5.74) is 5.55. The van der Waals surface area contributed by atoms with Crippen LogP contribution in [0.5, 0.6) is 0 Å². The molecule has 0 bridgehead atoms. The summed E-state index contributed by atoms with van der Waals surface area (Å²) < 4.78 is 19.4. The Balaban J connectivity index is 1.35. The van der Waals surface area contributed by atoms with Crippen LogP contribution in [0.25, 0.3) is 0 Å². The molecule has 2 aliphatic rings. The van der Waals surface area contributed by atoms with Crippen LogP contribution in [0.3, 0.4) is 0 Å². The number of amides is 1. The Morgan fingerprint density at radius 1 is 1.00 bits per heavy atom. The first-order chi connectivity index (χ1) is 14.7. The van der Waals surface area contributed by atoms with Crippen LogP contribution in [0.15, 0.2) is 72.8 Å². The maximum atomic E-state index is 14.1. The van der Waals surface area contributed by atoms with Crippen molar-refractivity contribution in [3.05, 3.63) is 106 Å². The molecule has 0 saturated carbocycles. The summed E-state index contributed by atoms with van der Waals surface area (Å²) in [5, 5.41) is 6.44. The summed E-state index contributed by atoms with van der Waals surface area (Å²) in [7, 11) is 0. The normalized spacial score (nSPS) is 21.7. The molecular weight excluding hydrogens is 379 g/mol. The highest BCUT2D eigenvalue weighted by Crippen LogP contribution is 2.45. The molecule has 5 rings (SSSR count). The van der Waals surface area contributed by atoms with Crippen molar-refractivity contribution < 1.29 is 13.9 Å². The zero-order valence-electron chi connectivity index (χ0n) is 16.5. The smallest absolute Gasteiger partial charge is 0.408 e. The maximum Gasteiger partial charge on any atom is 0.408 e. The molecule has 152 valence electrons. The molecule has 1 aliphatic carbocycles. The number of hydrogen-bond acceptors (Lipinski definition) is 3. The number of rotatable bonds is 3. The minimum atomic E-state index is -0.458. The lowest BCUT2D eigenvalue weighted by Gasteiger charge is -2.20. The molecule has 4 nitrogen and oxygen atoms in total. The average molecular weight is 402 g/mol. The third-order valence-corrected chi connectivity index (χ3v) is 6.06. The number of fused-ring (bicyclic) bond motifs is 5. The average Bonchev–Trinajstić information content (AvgIpc) is 3.13. The van der Waals surface area contributed by atoms with Gasteiger partial charge in [-0.15, -0.1) is 0 Å². The Labute approximate surface area is 175 Å². The third-order valence-electron chi connectivity index (χ3n) is 6.06. The van der Waals surface area contributed by atoms with Crippen LogP contribution >= 0.6 is 0 Å². The predicted octanol–water partition coefficient (Wildman–Crippen LogP) is 4.80. The van der Waals surface area contributed by atoms with Crippen LogP contribution in [0, 0.1) is 5.82 Å². The SMILES string of the molecule is O=C(N[C@H]1C[C@@H]2c3ccccc3Cc3ccc(F)cc3[C@H]2N1)OCc1ccccc1. The van der Waals surface area contributed by atoms with E-state index in [0.717, 1.165) is 29.5 Å². The number of alkyl carbamates (subject to hydrolysis) is 1. The fourth-order valence-corrected chi connectivity index (χ4v) is 4.69. The molecule has 1 saturated heterocycles. The zero-order chi connectivity index (χ0) is 20.5. The predicted molar refractivity (Wildman–Crippen MR) is 112 cm³/mol. The lowest BCUT2D eigenvalue weighted by molar-refractivity contribution is 0.134. The van der Waals surface area contributed by atoms with Gasteiger partial charge < -0.3 is 10.1 Å². The van der Waals surface area contributed by atoms with Crippen molar-refractivity contribution in [2.24, 2.45) is 0 Å². The van der Waals surface area contributed by atoms with Gasteiger partial charge in [0, 0.05) is 12.0 Å². The van der Waals surface area contributed by atoms with Gasteiger partial charge in [-0.2, -0.15) is 0 Å². The molecule has 0 unspecified atom stereocenters. The van der Waals surface area contributed by atoms with E-state index in [2.05, 4.69) is 22.8 Å². The van der Waals surface area contributed by atoms with E-state index in [1.165, 1.54) is 17.2 Å². The van der Waals surface area contributed by atoms with Crippen molar-refractivity contribution >= 4 is 6.09 Å². The standard InChI is InChI=1S/C25H23FN2O2/c26-19-11-10-18-12-17-8-4-5-9-20(17)22-14-23(27-24(22)21(18)13-19)28-25(29)30-15-16-6-2-1-3-7-16/h1-11,13,22-24,27H,12,14-15H2,(H,28,29)/t22-,23+,24-/m1/s1. The minimum Gasteiger partial charge on any atom is -0.445 e. The van der Waals surface area contributed by atoms with Crippen LogP contribution < -0.4 is 10.6 Å². The highest BCUT2D eigenvalue weighted by Gasteiger charge is 2.40. The molecule has 1 fully saturated rings. The monoisotopic (exact) mass is 402 g/mol. The molecule has 3 atom stereocenters. The Morgan fingerprint density at radius 3 is 2.63 bits per heavy atom. The van der Waals surface area contributed by atoms with Gasteiger partial charge in [-0.25, -0.2) is 9.18 Å². The largest absolute Gasteiger partial charge is 0.445 e. The summed E-state index contributed by atoms with van der Waals surface area (Å²) in [4.78, 5) is 12.4. The lowest BCUT2D eigenvalue weighted by atomic mass is 9.87. The van der Waals surface area contributed by atoms with Gasteiger partial charge in [0.05, 0.1) is 6.17 Å². The van der Waals surface area contributed by atoms with Gasteiger partial charge in [-0.1, -0.05) is 60.7 Å². The molecule has 0 radical (unpaired) electrons. The molecule has 2 N–H and O–H groups in total. The van der Waals surface area contributed by atoms with E-state index < -0.39 is 6.09 Å². The van der Waals surface area contributed by atoms with Gasteiger partial charge in [0.2, 0.25) is 0 Å².